The monoisotopic (exact) mass is 368 g/mol. The molecule has 1 aliphatic carbocycles. The highest BCUT2D eigenvalue weighted by molar-refractivity contribution is 7.71. The molecule has 1 saturated carbocycles. The van der Waals surface area contributed by atoms with E-state index < -0.39 is 17.7 Å². The summed E-state index contributed by atoms with van der Waals surface area (Å²) in [6, 6.07) is 7.46. The van der Waals surface area contributed by atoms with E-state index in [1.54, 1.807) is 10.6 Å². The van der Waals surface area contributed by atoms with E-state index in [0.29, 0.717) is 16.7 Å². The van der Waals surface area contributed by atoms with E-state index in [-0.39, 0.29) is 18.2 Å². The molecule has 0 aliphatic heterocycles. The Kier molecular flexibility index (Phi) is 4.76. The minimum atomic E-state index is -4.63. The highest BCUT2D eigenvalue weighted by atomic mass is 32.1. The Bertz CT molecular complexity index is 850. The second-order valence-electron chi connectivity index (χ2n) is 5.69. The molecule has 0 unspecified atom stereocenters. The Morgan fingerprint density at radius 1 is 1.36 bits per heavy atom. The van der Waals surface area contributed by atoms with E-state index in [1.165, 1.54) is 24.3 Å². The highest BCUT2D eigenvalue weighted by Gasteiger charge is 2.35. The Morgan fingerprint density at radius 2 is 2.04 bits per heavy atom. The largest absolute Gasteiger partial charge is 0.417 e. The Hall–Kier alpha value is -2.42. The van der Waals surface area contributed by atoms with E-state index in [4.69, 9.17) is 12.2 Å². The molecule has 0 radical (unpaired) electrons. The van der Waals surface area contributed by atoms with Crippen LogP contribution in [-0.2, 0) is 11.3 Å². The van der Waals surface area contributed by atoms with Gasteiger partial charge in [0, 0.05) is 12.1 Å². The van der Waals surface area contributed by atoms with Crippen LogP contribution in [0.4, 0.5) is 13.2 Å². The van der Waals surface area contributed by atoms with Crippen molar-refractivity contribution in [1.82, 2.24) is 20.1 Å². The van der Waals surface area contributed by atoms with Crippen molar-refractivity contribution in [3.63, 3.8) is 0 Å². The average Bonchev–Trinajstić information content (AvgIpc) is 3.33. The fourth-order valence-electron chi connectivity index (χ4n) is 2.47. The van der Waals surface area contributed by atoms with Gasteiger partial charge in [0.25, 0.3) is 0 Å². The van der Waals surface area contributed by atoms with E-state index >= 15 is 0 Å². The summed E-state index contributed by atoms with van der Waals surface area (Å²) in [5.41, 5.74) is -1.06. The Labute approximate surface area is 146 Å². The molecule has 132 valence electrons. The van der Waals surface area contributed by atoms with Crippen LogP contribution in [0.1, 0.15) is 30.3 Å². The number of aromatic amines is 1. The zero-order chi connectivity index (χ0) is 18.0. The molecule has 2 N–H and O–H groups in total. The van der Waals surface area contributed by atoms with Crippen LogP contribution >= 0.6 is 12.2 Å². The molecule has 0 spiro atoms. The van der Waals surface area contributed by atoms with Gasteiger partial charge in [-0.25, -0.2) is 0 Å². The lowest BCUT2D eigenvalue weighted by atomic mass is 10.1. The normalized spacial score (nSPS) is 15.2. The van der Waals surface area contributed by atoms with Gasteiger partial charge in [0.15, 0.2) is 10.6 Å². The molecule has 5 nitrogen and oxygen atoms in total. The summed E-state index contributed by atoms with van der Waals surface area (Å²) < 4.78 is 41.9. The molecular formula is C16H15F3N4OS. The molecule has 9 heteroatoms. The number of nitrogens with zero attached hydrogens (tertiary/aromatic N) is 2. The van der Waals surface area contributed by atoms with Gasteiger partial charge in [-0.2, -0.15) is 18.3 Å². The van der Waals surface area contributed by atoms with Crippen LogP contribution in [0.25, 0.3) is 5.57 Å². The topological polar surface area (TPSA) is 62.7 Å². The number of hydrogen-bond acceptors (Lipinski definition) is 3. The lowest BCUT2D eigenvalue weighted by Gasteiger charge is -2.12. The second kappa shape index (κ2) is 6.83. The summed E-state index contributed by atoms with van der Waals surface area (Å²) in [4.78, 5) is 12.0. The molecule has 3 rings (SSSR count). The molecule has 0 bridgehead atoms. The number of aromatic nitrogens is 3. The first-order chi connectivity index (χ1) is 11.9. The first-order valence-corrected chi connectivity index (χ1v) is 8.05. The molecule has 1 aromatic carbocycles. The number of amides is 1. The summed E-state index contributed by atoms with van der Waals surface area (Å²) in [6.07, 6.45) is -2.12. The van der Waals surface area contributed by atoms with E-state index in [2.05, 4.69) is 15.5 Å². The number of carbonyl (C=O) groups is 1. The van der Waals surface area contributed by atoms with Gasteiger partial charge < -0.3 is 5.32 Å². The summed E-state index contributed by atoms with van der Waals surface area (Å²) >= 11 is 5.12. The number of benzene rings is 1. The summed E-state index contributed by atoms with van der Waals surface area (Å²) in [5.74, 6) is -0.338. The van der Waals surface area contributed by atoms with Crippen LogP contribution in [-0.4, -0.2) is 26.8 Å². The van der Waals surface area contributed by atoms with Crippen molar-refractivity contribution < 1.29 is 18.0 Å². The number of rotatable bonds is 5. The molecule has 1 amide bonds. The standard InChI is InChI=1S/C16H15F3N4OS/c17-16(18,19)12(10-4-2-1-3-5-10)8-14(24)20-9-13-21-22-15(25)23(13)11-6-7-11/h1-5,8,11H,6-7,9H2,(H,20,24)(H,22,25). The quantitative estimate of drug-likeness (QED) is 0.627. The van der Waals surface area contributed by atoms with Gasteiger partial charge in [0.1, 0.15) is 0 Å². The van der Waals surface area contributed by atoms with Crippen molar-refractivity contribution in [2.24, 2.45) is 0 Å². The van der Waals surface area contributed by atoms with Crippen LogP contribution in [0.3, 0.4) is 0 Å². The number of halogens is 3. The second-order valence-corrected chi connectivity index (χ2v) is 6.07. The minimum absolute atomic E-state index is 0.00109. The minimum Gasteiger partial charge on any atom is -0.345 e. The predicted octanol–water partition coefficient (Wildman–Crippen LogP) is 3.54. The Morgan fingerprint density at radius 3 is 2.64 bits per heavy atom. The third-order valence-corrected chi connectivity index (χ3v) is 4.06. The number of hydrogen-bond donors (Lipinski definition) is 2. The van der Waals surface area contributed by atoms with Crippen LogP contribution < -0.4 is 5.32 Å². The van der Waals surface area contributed by atoms with Gasteiger partial charge in [-0.3, -0.25) is 14.5 Å². The molecule has 0 saturated heterocycles. The van der Waals surface area contributed by atoms with Crippen molar-refractivity contribution in [1.29, 1.82) is 0 Å². The highest BCUT2D eigenvalue weighted by Crippen LogP contribution is 2.36. The van der Waals surface area contributed by atoms with Gasteiger partial charge in [0.05, 0.1) is 12.1 Å². The fourth-order valence-corrected chi connectivity index (χ4v) is 2.77. The maximum Gasteiger partial charge on any atom is 0.417 e. The number of nitrogens with one attached hydrogen (secondary N) is 2. The zero-order valence-corrected chi connectivity index (χ0v) is 13.8. The SMILES string of the molecule is O=C(C=C(c1ccccc1)C(F)(F)F)NCc1n[nH]c(=S)n1C1CC1. The van der Waals surface area contributed by atoms with Gasteiger partial charge >= 0.3 is 6.18 Å². The van der Waals surface area contributed by atoms with Crippen molar-refractivity contribution >= 4 is 23.7 Å². The molecular weight excluding hydrogens is 353 g/mol. The smallest absolute Gasteiger partial charge is 0.345 e. The summed E-state index contributed by atoms with van der Waals surface area (Å²) in [7, 11) is 0. The van der Waals surface area contributed by atoms with Crippen molar-refractivity contribution in [2.75, 3.05) is 0 Å². The van der Waals surface area contributed by atoms with Crippen LogP contribution in [0.2, 0.25) is 0 Å². The van der Waals surface area contributed by atoms with E-state index in [9.17, 15) is 18.0 Å². The first kappa shape index (κ1) is 17.4. The number of allylic oxidation sites excluding steroid dienone is 1. The summed E-state index contributed by atoms with van der Waals surface area (Å²) in [6.45, 7) is -0.00109. The van der Waals surface area contributed by atoms with Crippen LogP contribution in [0.5, 0.6) is 0 Å². The number of carbonyl (C=O) groups excluding carboxylic acids is 1. The third-order valence-electron chi connectivity index (χ3n) is 3.78. The van der Waals surface area contributed by atoms with Crippen LogP contribution in [0.15, 0.2) is 36.4 Å². The predicted molar refractivity (Wildman–Crippen MR) is 88.0 cm³/mol. The van der Waals surface area contributed by atoms with Crippen LogP contribution in [0, 0.1) is 4.77 Å². The van der Waals surface area contributed by atoms with E-state index in [0.717, 1.165) is 12.8 Å². The maximum absolute atomic E-state index is 13.2. The molecule has 0 atom stereocenters. The zero-order valence-electron chi connectivity index (χ0n) is 13.0. The lowest BCUT2D eigenvalue weighted by molar-refractivity contribution is -0.117. The molecule has 1 fully saturated rings. The molecule has 2 aromatic rings. The van der Waals surface area contributed by atoms with Gasteiger partial charge in [0.2, 0.25) is 5.91 Å². The van der Waals surface area contributed by atoms with Gasteiger partial charge in [-0.05, 0) is 30.6 Å². The van der Waals surface area contributed by atoms with Crippen molar-refractivity contribution in [2.45, 2.75) is 31.6 Å². The number of alkyl halides is 3. The fraction of sp³-hybridized carbons (Fsp3) is 0.312. The third kappa shape index (κ3) is 4.16. The van der Waals surface area contributed by atoms with E-state index in [1.807, 2.05) is 0 Å². The molecule has 25 heavy (non-hydrogen) atoms. The Balaban J connectivity index is 1.75. The van der Waals surface area contributed by atoms with Crippen molar-refractivity contribution in [3.8, 4) is 0 Å². The molecule has 1 heterocycles. The molecule has 1 aromatic heterocycles. The van der Waals surface area contributed by atoms with Crippen molar-refractivity contribution in [3.05, 3.63) is 52.6 Å². The van der Waals surface area contributed by atoms with Gasteiger partial charge in [-0.15, -0.1) is 0 Å². The molecule has 1 aliphatic rings. The first-order valence-electron chi connectivity index (χ1n) is 7.64. The maximum atomic E-state index is 13.2. The lowest BCUT2D eigenvalue weighted by Crippen LogP contribution is -2.24. The number of H-pyrrole nitrogens is 1. The summed E-state index contributed by atoms with van der Waals surface area (Å²) in [5, 5.41) is 9.11. The van der Waals surface area contributed by atoms with Gasteiger partial charge in [-0.1, -0.05) is 30.3 Å². The average molecular weight is 368 g/mol.